The summed E-state index contributed by atoms with van der Waals surface area (Å²) in [5.41, 5.74) is 0.913. The lowest BCUT2D eigenvalue weighted by atomic mass is 10.1. The van der Waals surface area contributed by atoms with Crippen molar-refractivity contribution in [2.24, 2.45) is 0 Å². The number of benzene rings is 2. The van der Waals surface area contributed by atoms with Crippen LogP contribution in [0.15, 0.2) is 70.2 Å². The monoisotopic (exact) mass is 476 g/mol. The summed E-state index contributed by atoms with van der Waals surface area (Å²) in [5.74, 6) is -0.959. The summed E-state index contributed by atoms with van der Waals surface area (Å²) < 4.78 is 38.0. The van der Waals surface area contributed by atoms with E-state index in [4.69, 9.17) is 20.8 Å². The Kier molecular flexibility index (Phi) is 7.34. The Morgan fingerprint density at radius 1 is 1.12 bits per heavy atom. The maximum Gasteiger partial charge on any atom is 0.339 e. The summed E-state index contributed by atoms with van der Waals surface area (Å²) >= 11 is 6.02. The Bertz CT molecular complexity index is 1220. The number of sulfonamides is 1. The van der Waals surface area contributed by atoms with Crippen LogP contribution in [0.3, 0.4) is 0 Å². The minimum Gasteiger partial charge on any atom is -0.468 e. The normalized spacial score (nSPS) is 12.2. The number of aryl methyl sites for hydroxylation is 1. The maximum atomic E-state index is 12.7. The number of hydrogen-bond donors (Lipinski definition) is 2. The summed E-state index contributed by atoms with van der Waals surface area (Å²) in [7, 11) is -3.91. The molecule has 0 radical (unpaired) electrons. The minimum absolute atomic E-state index is 0.0308. The second kappa shape index (κ2) is 9.99. The molecule has 2 N–H and O–H groups in total. The standard InChI is InChI=1S/C22H21ClN2O6S/c1-14-9-10-17(32(28,29)24-13-16-6-5-11-30-16)12-18(14)22(27)31-15(2)21(26)25-20-8-4-3-7-19(20)23/h3-12,15,24H,13H2,1-2H3,(H,25,26)/t15-/m1/s1. The third-order valence-electron chi connectivity index (χ3n) is 4.54. The molecule has 0 spiro atoms. The fourth-order valence-electron chi connectivity index (χ4n) is 2.73. The Morgan fingerprint density at radius 2 is 1.88 bits per heavy atom. The van der Waals surface area contributed by atoms with Crippen LogP contribution in [-0.2, 0) is 26.1 Å². The quantitative estimate of drug-likeness (QED) is 0.476. The number of carbonyl (C=O) groups is 2. The van der Waals surface area contributed by atoms with Crippen molar-refractivity contribution in [3.05, 3.63) is 82.8 Å². The van der Waals surface area contributed by atoms with Gasteiger partial charge in [-0.05, 0) is 55.8 Å². The molecule has 1 atom stereocenters. The van der Waals surface area contributed by atoms with E-state index < -0.39 is 28.0 Å². The predicted molar refractivity (Wildman–Crippen MR) is 119 cm³/mol. The predicted octanol–water partition coefficient (Wildman–Crippen LogP) is 3.90. The van der Waals surface area contributed by atoms with Crippen LogP contribution in [0.4, 0.5) is 5.69 Å². The average Bonchev–Trinajstić information content (AvgIpc) is 3.28. The number of amides is 1. The first-order valence-electron chi connectivity index (χ1n) is 9.56. The van der Waals surface area contributed by atoms with Crippen molar-refractivity contribution in [1.29, 1.82) is 0 Å². The molecule has 3 aromatic rings. The van der Waals surface area contributed by atoms with Gasteiger partial charge in [0.25, 0.3) is 5.91 Å². The molecule has 168 valence electrons. The van der Waals surface area contributed by atoms with E-state index in [-0.39, 0.29) is 17.0 Å². The highest BCUT2D eigenvalue weighted by Gasteiger charge is 2.23. The van der Waals surface area contributed by atoms with E-state index in [9.17, 15) is 18.0 Å². The van der Waals surface area contributed by atoms with Crippen LogP contribution >= 0.6 is 11.6 Å². The summed E-state index contributed by atoms with van der Waals surface area (Å²) in [6, 6.07) is 14.0. The summed E-state index contributed by atoms with van der Waals surface area (Å²) in [6.45, 7) is 3.00. The summed E-state index contributed by atoms with van der Waals surface area (Å²) in [4.78, 5) is 24.9. The molecule has 0 aliphatic heterocycles. The van der Waals surface area contributed by atoms with Crippen molar-refractivity contribution in [3.63, 3.8) is 0 Å². The zero-order valence-electron chi connectivity index (χ0n) is 17.3. The average molecular weight is 477 g/mol. The lowest BCUT2D eigenvalue weighted by molar-refractivity contribution is -0.123. The first-order chi connectivity index (χ1) is 15.2. The molecule has 0 saturated carbocycles. The third-order valence-corrected chi connectivity index (χ3v) is 6.27. The number of anilines is 1. The molecule has 8 nitrogen and oxygen atoms in total. The molecule has 2 aromatic carbocycles. The van der Waals surface area contributed by atoms with Gasteiger partial charge in [0.05, 0.1) is 34.0 Å². The van der Waals surface area contributed by atoms with E-state index >= 15 is 0 Å². The van der Waals surface area contributed by atoms with Crippen molar-refractivity contribution in [1.82, 2.24) is 4.72 Å². The molecule has 0 saturated heterocycles. The molecule has 0 bridgehead atoms. The van der Waals surface area contributed by atoms with Crippen LogP contribution in [-0.4, -0.2) is 26.4 Å². The molecule has 0 unspecified atom stereocenters. The molecular weight excluding hydrogens is 456 g/mol. The van der Waals surface area contributed by atoms with Crippen LogP contribution in [0, 0.1) is 6.92 Å². The van der Waals surface area contributed by atoms with Crippen LogP contribution in [0.5, 0.6) is 0 Å². The van der Waals surface area contributed by atoms with Crippen LogP contribution in [0.2, 0.25) is 5.02 Å². The van der Waals surface area contributed by atoms with Crippen molar-refractivity contribution >= 4 is 39.2 Å². The molecule has 10 heteroatoms. The maximum absolute atomic E-state index is 12.7. The largest absolute Gasteiger partial charge is 0.468 e. The van der Waals surface area contributed by atoms with Gasteiger partial charge in [-0.2, -0.15) is 0 Å². The number of hydrogen-bond acceptors (Lipinski definition) is 6. The Balaban J connectivity index is 1.70. The summed E-state index contributed by atoms with van der Waals surface area (Å²) in [6.07, 6.45) is 0.294. The van der Waals surface area contributed by atoms with Gasteiger partial charge >= 0.3 is 5.97 Å². The Morgan fingerprint density at radius 3 is 2.56 bits per heavy atom. The van der Waals surface area contributed by atoms with Gasteiger partial charge in [0.2, 0.25) is 10.0 Å². The van der Waals surface area contributed by atoms with E-state index in [1.54, 1.807) is 43.3 Å². The topological polar surface area (TPSA) is 115 Å². The van der Waals surface area contributed by atoms with Crippen molar-refractivity contribution in [2.75, 3.05) is 5.32 Å². The fourth-order valence-corrected chi connectivity index (χ4v) is 3.93. The smallest absolute Gasteiger partial charge is 0.339 e. The number of carbonyl (C=O) groups excluding carboxylic acids is 2. The van der Waals surface area contributed by atoms with Crippen molar-refractivity contribution in [3.8, 4) is 0 Å². The lowest BCUT2D eigenvalue weighted by Gasteiger charge is -2.15. The molecule has 3 rings (SSSR count). The SMILES string of the molecule is Cc1ccc(S(=O)(=O)NCc2ccco2)cc1C(=O)O[C@H](C)C(=O)Nc1ccccc1Cl. The second-order valence-electron chi connectivity index (χ2n) is 6.90. The Hall–Kier alpha value is -3.14. The molecule has 0 aliphatic carbocycles. The third kappa shape index (κ3) is 5.76. The number of esters is 1. The molecule has 0 fully saturated rings. The van der Waals surface area contributed by atoms with Crippen LogP contribution < -0.4 is 10.0 Å². The highest BCUT2D eigenvalue weighted by Crippen LogP contribution is 2.21. The van der Waals surface area contributed by atoms with Crippen molar-refractivity contribution < 1.29 is 27.2 Å². The molecule has 1 aromatic heterocycles. The zero-order chi connectivity index (χ0) is 23.3. The highest BCUT2D eigenvalue weighted by atomic mass is 35.5. The van der Waals surface area contributed by atoms with E-state index in [2.05, 4.69) is 10.0 Å². The van der Waals surface area contributed by atoms with Gasteiger partial charge < -0.3 is 14.5 Å². The van der Waals surface area contributed by atoms with Gasteiger partial charge in [0.15, 0.2) is 6.10 Å². The minimum atomic E-state index is -3.91. The van der Waals surface area contributed by atoms with Crippen LogP contribution in [0.1, 0.15) is 28.6 Å². The number of nitrogens with one attached hydrogen (secondary N) is 2. The van der Waals surface area contributed by atoms with E-state index in [1.807, 2.05) is 0 Å². The van der Waals surface area contributed by atoms with Crippen molar-refractivity contribution in [2.45, 2.75) is 31.4 Å². The van der Waals surface area contributed by atoms with Gasteiger partial charge in [0, 0.05) is 0 Å². The Labute approximate surface area is 190 Å². The van der Waals surface area contributed by atoms with E-state index in [0.29, 0.717) is 22.0 Å². The first kappa shape index (κ1) is 23.5. The number of halogens is 1. The zero-order valence-corrected chi connectivity index (χ0v) is 18.9. The fraction of sp³-hybridized carbons (Fsp3) is 0.182. The number of rotatable bonds is 8. The molecular formula is C22H21ClN2O6S. The van der Waals surface area contributed by atoms with Crippen LogP contribution in [0.25, 0.3) is 0 Å². The number of furan rings is 1. The van der Waals surface area contributed by atoms with Gasteiger partial charge in [-0.1, -0.05) is 29.8 Å². The van der Waals surface area contributed by atoms with E-state index in [1.165, 1.54) is 31.4 Å². The number of para-hydroxylation sites is 1. The number of ether oxygens (including phenoxy) is 1. The first-order valence-corrected chi connectivity index (χ1v) is 11.4. The van der Waals surface area contributed by atoms with E-state index in [0.717, 1.165) is 0 Å². The lowest BCUT2D eigenvalue weighted by Crippen LogP contribution is -2.30. The summed E-state index contributed by atoms with van der Waals surface area (Å²) in [5, 5.41) is 2.93. The molecule has 1 heterocycles. The molecule has 1 amide bonds. The van der Waals surface area contributed by atoms with Gasteiger partial charge in [-0.3, -0.25) is 4.79 Å². The van der Waals surface area contributed by atoms with Gasteiger partial charge in [-0.25, -0.2) is 17.9 Å². The molecule has 0 aliphatic rings. The highest BCUT2D eigenvalue weighted by molar-refractivity contribution is 7.89. The van der Waals surface area contributed by atoms with Gasteiger partial charge in [-0.15, -0.1) is 0 Å². The van der Waals surface area contributed by atoms with Gasteiger partial charge in [0.1, 0.15) is 5.76 Å². The second-order valence-corrected chi connectivity index (χ2v) is 9.07. The molecule has 32 heavy (non-hydrogen) atoms.